The van der Waals surface area contributed by atoms with E-state index in [9.17, 15) is 0 Å². The SMILES string of the molecule is Clc1cc(NC2COC2)c(Br)cn1. The van der Waals surface area contributed by atoms with Crippen molar-refractivity contribution in [1.82, 2.24) is 4.98 Å². The molecule has 2 heterocycles. The zero-order chi connectivity index (χ0) is 9.26. The maximum Gasteiger partial charge on any atom is 0.131 e. The van der Waals surface area contributed by atoms with E-state index in [2.05, 4.69) is 26.2 Å². The monoisotopic (exact) mass is 262 g/mol. The summed E-state index contributed by atoms with van der Waals surface area (Å²) in [7, 11) is 0. The Hall–Kier alpha value is -0.320. The lowest BCUT2D eigenvalue weighted by atomic mass is 10.2. The predicted molar refractivity (Wildman–Crippen MR) is 55.2 cm³/mol. The number of aromatic nitrogens is 1. The first kappa shape index (κ1) is 9.24. The molecule has 0 atom stereocenters. The van der Waals surface area contributed by atoms with Gasteiger partial charge < -0.3 is 10.1 Å². The molecular formula is C8H8BrClN2O. The van der Waals surface area contributed by atoms with Crippen LogP contribution in [0.15, 0.2) is 16.7 Å². The van der Waals surface area contributed by atoms with Gasteiger partial charge in [-0.3, -0.25) is 0 Å². The lowest BCUT2D eigenvalue weighted by Crippen LogP contribution is -2.40. The third-order valence-corrected chi connectivity index (χ3v) is 2.66. The molecule has 70 valence electrons. The van der Waals surface area contributed by atoms with E-state index in [1.165, 1.54) is 0 Å². The fourth-order valence-electron chi connectivity index (χ4n) is 1.06. The molecular weight excluding hydrogens is 255 g/mol. The van der Waals surface area contributed by atoms with Gasteiger partial charge in [-0.1, -0.05) is 11.6 Å². The van der Waals surface area contributed by atoms with Gasteiger partial charge in [0.1, 0.15) is 5.15 Å². The van der Waals surface area contributed by atoms with Gasteiger partial charge in [-0.2, -0.15) is 0 Å². The number of anilines is 1. The summed E-state index contributed by atoms with van der Waals surface area (Å²) in [4.78, 5) is 3.94. The van der Waals surface area contributed by atoms with Gasteiger partial charge in [-0.25, -0.2) is 4.98 Å². The molecule has 0 unspecified atom stereocenters. The number of hydrogen-bond donors (Lipinski definition) is 1. The minimum atomic E-state index is 0.398. The number of ether oxygens (including phenoxy) is 1. The van der Waals surface area contributed by atoms with Gasteiger partial charge in [0.15, 0.2) is 0 Å². The highest BCUT2D eigenvalue weighted by molar-refractivity contribution is 9.10. The second-order valence-corrected chi connectivity index (χ2v) is 4.11. The largest absolute Gasteiger partial charge is 0.377 e. The van der Waals surface area contributed by atoms with Crippen LogP contribution in [-0.4, -0.2) is 24.2 Å². The van der Waals surface area contributed by atoms with E-state index < -0.39 is 0 Å². The average molecular weight is 264 g/mol. The van der Waals surface area contributed by atoms with Crippen molar-refractivity contribution in [3.8, 4) is 0 Å². The first-order valence-electron chi connectivity index (χ1n) is 3.91. The molecule has 2 rings (SSSR count). The molecule has 1 aromatic rings. The van der Waals surface area contributed by atoms with Gasteiger partial charge in [-0.15, -0.1) is 0 Å². The smallest absolute Gasteiger partial charge is 0.131 e. The van der Waals surface area contributed by atoms with Gasteiger partial charge in [0.05, 0.1) is 29.4 Å². The summed E-state index contributed by atoms with van der Waals surface area (Å²) in [5.41, 5.74) is 0.966. The summed E-state index contributed by atoms with van der Waals surface area (Å²) < 4.78 is 5.97. The summed E-state index contributed by atoms with van der Waals surface area (Å²) in [6.45, 7) is 1.51. The molecule has 5 heteroatoms. The van der Waals surface area contributed by atoms with Crippen LogP contribution >= 0.6 is 27.5 Å². The Morgan fingerprint density at radius 2 is 2.38 bits per heavy atom. The molecule has 0 aromatic carbocycles. The van der Waals surface area contributed by atoms with Crippen LogP contribution in [0.2, 0.25) is 5.15 Å². The molecule has 13 heavy (non-hydrogen) atoms. The van der Waals surface area contributed by atoms with E-state index >= 15 is 0 Å². The van der Waals surface area contributed by atoms with Gasteiger partial charge in [0.25, 0.3) is 0 Å². The number of pyridine rings is 1. The van der Waals surface area contributed by atoms with Crippen molar-refractivity contribution in [2.75, 3.05) is 18.5 Å². The summed E-state index contributed by atoms with van der Waals surface area (Å²) >= 11 is 9.15. The van der Waals surface area contributed by atoms with E-state index in [-0.39, 0.29) is 0 Å². The van der Waals surface area contributed by atoms with Crippen LogP contribution in [0.5, 0.6) is 0 Å². The Kier molecular flexibility index (Phi) is 2.71. The van der Waals surface area contributed by atoms with Crippen molar-refractivity contribution in [2.24, 2.45) is 0 Å². The van der Waals surface area contributed by atoms with E-state index in [1.54, 1.807) is 12.3 Å². The Morgan fingerprint density at radius 3 is 3.00 bits per heavy atom. The molecule has 0 spiro atoms. The van der Waals surface area contributed by atoms with Crippen molar-refractivity contribution < 1.29 is 4.74 Å². The molecule has 1 aliphatic rings. The van der Waals surface area contributed by atoms with Crippen molar-refractivity contribution >= 4 is 33.2 Å². The molecule has 1 aromatic heterocycles. The number of hydrogen-bond acceptors (Lipinski definition) is 3. The molecule has 1 saturated heterocycles. The van der Waals surface area contributed by atoms with Crippen molar-refractivity contribution in [3.05, 3.63) is 21.9 Å². The Balaban J connectivity index is 2.13. The maximum absolute atomic E-state index is 5.76. The van der Waals surface area contributed by atoms with Crippen LogP contribution in [0.25, 0.3) is 0 Å². The average Bonchev–Trinajstić information content (AvgIpc) is 2.03. The van der Waals surface area contributed by atoms with E-state index in [0.29, 0.717) is 11.2 Å². The van der Waals surface area contributed by atoms with Crippen LogP contribution in [0.1, 0.15) is 0 Å². The quantitative estimate of drug-likeness (QED) is 0.832. The molecule has 1 aliphatic heterocycles. The summed E-state index contributed by atoms with van der Waals surface area (Å²) in [5, 5.41) is 3.78. The highest BCUT2D eigenvalue weighted by atomic mass is 79.9. The molecule has 3 nitrogen and oxygen atoms in total. The van der Waals surface area contributed by atoms with Gasteiger partial charge in [-0.05, 0) is 22.0 Å². The molecule has 0 aliphatic carbocycles. The zero-order valence-corrected chi connectivity index (χ0v) is 9.10. The first-order chi connectivity index (χ1) is 6.25. The highest BCUT2D eigenvalue weighted by Crippen LogP contribution is 2.25. The molecule has 0 amide bonds. The highest BCUT2D eigenvalue weighted by Gasteiger charge is 2.18. The predicted octanol–water partition coefficient (Wildman–Crippen LogP) is 2.31. The molecule has 0 radical (unpaired) electrons. The van der Waals surface area contributed by atoms with Crippen molar-refractivity contribution in [1.29, 1.82) is 0 Å². The minimum absolute atomic E-state index is 0.398. The third-order valence-electron chi connectivity index (χ3n) is 1.82. The minimum Gasteiger partial charge on any atom is -0.377 e. The van der Waals surface area contributed by atoms with E-state index in [1.807, 2.05) is 0 Å². The molecule has 0 bridgehead atoms. The first-order valence-corrected chi connectivity index (χ1v) is 5.08. The topological polar surface area (TPSA) is 34.1 Å². The van der Waals surface area contributed by atoms with E-state index in [4.69, 9.17) is 16.3 Å². The second kappa shape index (κ2) is 3.82. The van der Waals surface area contributed by atoms with Crippen LogP contribution in [0.3, 0.4) is 0 Å². The fraction of sp³-hybridized carbons (Fsp3) is 0.375. The number of halogens is 2. The van der Waals surface area contributed by atoms with Gasteiger partial charge in [0, 0.05) is 6.20 Å². The van der Waals surface area contributed by atoms with Crippen LogP contribution in [0, 0.1) is 0 Å². The second-order valence-electron chi connectivity index (χ2n) is 2.87. The number of rotatable bonds is 2. The number of nitrogens with zero attached hydrogens (tertiary/aromatic N) is 1. The van der Waals surface area contributed by atoms with Crippen LogP contribution < -0.4 is 5.32 Å². The molecule has 0 saturated carbocycles. The van der Waals surface area contributed by atoms with Crippen molar-refractivity contribution in [2.45, 2.75) is 6.04 Å². The third kappa shape index (κ3) is 2.13. The van der Waals surface area contributed by atoms with E-state index in [0.717, 1.165) is 23.4 Å². The Labute approximate surface area is 89.6 Å². The standard InChI is InChI=1S/C8H8BrClN2O/c9-6-2-11-8(10)1-7(6)12-5-3-13-4-5/h1-2,5H,3-4H2,(H,11,12). The van der Waals surface area contributed by atoms with Gasteiger partial charge >= 0.3 is 0 Å². The number of nitrogens with one attached hydrogen (secondary N) is 1. The lowest BCUT2D eigenvalue weighted by Gasteiger charge is -2.28. The van der Waals surface area contributed by atoms with Gasteiger partial charge in [0.2, 0.25) is 0 Å². The lowest BCUT2D eigenvalue weighted by molar-refractivity contribution is 0.0211. The Morgan fingerprint density at radius 1 is 1.62 bits per heavy atom. The van der Waals surface area contributed by atoms with Crippen LogP contribution in [-0.2, 0) is 4.74 Å². The zero-order valence-electron chi connectivity index (χ0n) is 6.76. The summed E-state index contributed by atoms with van der Waals surface area (Å²) in [5.74, 6) is 0. The fourth-order valence-corrected chi connectivity index (χ4v) is 1.55. The summed E-state index contributed by atoms with van der Waals surface area (Å²) in [6, 6.07) is 2.19. The van der Waals surface area contributed by atoms with Crippen LogP contribution in [0.4, 0.5) is 5.69 Å². The summed E-state index contributed by atoms with van der Waals surface area (Å²) in [6.07, 6.45) is 1.68. The maximum atomic E-state index is 5.76. The van der Waals surface area contributed by atoms with Crippen molar-refractivity contribution in [3.63, 3.8) is 0 Å². The molecule has 1 fully saturated rings. The normalized spacial score (nSPS) is 16.8. The molecule has 1 N–H and O–H groups in total. The Bertz CT molecular complexity index is 317.